The molecule has 102 valence electrons. The number of nitrogens with zero attached hydrogens (tertiary/aromatic N) is 4. The van der Waals surface area contributed by atoms with Crippen molar-refractivity contribution in [2.45, 2.75) is 12.8 Å². The van der Waals surface area contributed by atoms with E-state index in [2.05, 4.69) is 30.5 Å². The summed E-state index contributed by atoms with van der Waals surface area (Å²) < 4.78 is 0. The number of anilines is 1. The van der Waals surface area contributed by atoms with Gasteiger partial charge >= 0.3 is 0 Å². The largest absolute Gasteiger partial charge is 0.369 e. The van der Waals surface area contributed by atoms with E-state index in [1.54, 1.807) is 0 Å². The van der Waals surface area contributed by atoms with Crippen LogP contribution in [0.3, 0.4) is 0 Å². The zero-order valence-corrected chi connectivity index (χ0v) is 11.4. The van der Waals surface area contributed by atoms with Crippen LogP contribution in [0.1, 0.15) is 12.2 Å². The van der Waals surface area contributed by atoms with Gasteiger partial charge in [-0.3, -0.25) is 5.10 Å². The van der Waals surface area contributed by atoms with Crippen molar-refractivity contribution in [3.8, 4) is 0 Å². The molecule has 3 aromatic rings. The molecule has 0 amide bonds. The molecule has 0 saturated heterocycles. The van der Waals surface area contributed by atoms with Crippen molar-refractivity contribution < 1.29 is 0 Å². The maximum Gasteiger partial charge on any atom is 0.224 e. The Hall–Kier alpha value is -2.21. The van der Waals surface area contributed by atoms with Gasteiger partial charge in [0.1, 0.15) is 18.0 Å². The van der Waals surface area contributed by atoms with Crippen LogP contribution in [0, 0.1) is 0 Å². The smallest absolute Gasteiger partial charge is 0.224 e. The molecule has 0 saturated carbocycles. The van der Waals surface area contributed by atoms with Gasteiger partial charge in [-0.15, -0.1) is 0 Å². The molecular formula is C13H13ClN6. The summed E-state index contributed by atoms with van der Waals surface area (Å²) in [5, 5.41) is 11.2. The Balaban J connectivity index is 1.68. The van der Waals surface area contributed by atoms with Gasteiger partial charge in [-0.2, -0.15) is 5.10 Å². The number of hydrogen-bond acceptors (Lipinski definition) is 5. The van der Waals surface area contributed by atoms with E-state index < -0.39 is 0 Å². The van der Waals surface area contributed by atoms with Crippen LogP contribution in [0.5, 0.6) is 0 Å². The lowest BCUT2D eigenvalue weighted by atomic mass is 10.2. The van der Waals surface area contributed by atoms with Crippen molar-refractivity contribution in [2.24, 2.45) is 0 Å². The zero-order valence-electron chi connectivity index (χ0n) is 10.7. The number of para-hydroxylation sites is 1. The van der Waals surface area contributed by atoms with E-state index in [0.29, 0.717) is 0 Å². The van der Waals surface area contributed by atoms with E-state index in [1.165, 1.54) is 6.33 Å². The molecule has 0 aliphatic rings. The molecule has 0 fully saturated rings. The third-order valence-electron chi connectivity index (χ3n) is 2.92. The number of rotatable bonds is 5. The Morgan fingerprint density at radius 3 is 2.95 bits per heavy atom. The molecule has 3 rings (SSSR count). The standard InChI is InChI=1S/C13H13ClN6/c14-13-18-10-5-2-1-4-9(10)12(19-13)15-7-3-6-11-16-8-17-20-11/h1-2,4-5,8H,3,6-7H2,(H,15,18,19)(H,16,17,20). The molecule has 7 heteroatoms. The summed E-state index contributed by atoms with van der Waals surface area (Å²) in [4.78, 5) is 12.5. The van der Waals surface area contributed by atoms with Crippen molar-refractivity contribution in [3.63, 3.8) is 0 Å². The molecule has 0 aliphatic heterocycles. The van der Waals surface area contributed by atoms with E-state index in [4.69, 9.17) is 11.6 Å². The summed E-state index contributed by atoms with van der Waals surface area (Å²) in [5.74, 6) is 1.65. The summed E-state index contributed by atoms with van der Waals surface area (Å²) >= 11 is 5.93. The van der Waals surface area contributed by atoms with Crippen LogP contribution in [0.25, 0.3) is 10.9 Å². The molecule has 6 nitrogen and oxygen atoms in total. The van der Waals surface area contributed by atoms with Crippen molar-refractivity contribution in [3.05, 3.63) is 41.7 Å². The molecule has 1 aromatic carbocycles. The first kappa shape index (κ1) is 12.8. The van der Waals surface area contributed by atoms with E-state index in [1.807, 2.05) is 24.3 Å². The fourth-order valence-corrected chi connectivity index (χ4v) is 2.17. The minimum absolute atomic E-state index is 0.251. The van der Waals surface area contributed by atoms with Crippen LogP contribution >= 0.6 is 11.6 Å². The van der Waals surface area contributed by atoms with Gasteiger partial charge in [0.15, 0.2) is 0 Å². The Bertz CT molecular complexity index is 697. The van der Waals surface area contributed by atoms with Crippen LogP contribution in [-0.2, 0) is 6.42 Å². The minimum Gasteiger partial charge on any atom is -0.369 e. The summed E-state index contributed by atoms with van der Waals surface area (Å²) in [7, 11) is 0. The molecule has 2 heterocycles. The minimum atomic E-state index is 0.251. The first-order valence-electron chi connectivity index (χ1n) is 6.33. The number of halogens is 1. The molecule has 0 atom stereocenters. The first-order chi connectivity index (χ1) is 9.83. The molecule has 0 spiro atoms. The lowest BCUT2D eigenvalue weighted by molar-refractivity contribution is 0.804. The Labute approximate surface area is 120 Å². The maximum atomic E-state index is 5.93. The molecule has 2 aromatic heterocycles. The molecule has 2 N–H and O–H groups in total. The highest BCUT2D eigenvalue weighted by Crippen LogP contribution is 2.21. The van der Waals surface area contributed by atoms with Crippen molar-refractivity contribution in [1.82, 2.24) is 25.1 Å². The number of aryl methyl sites for hydroxylation is 1. The quantitative estimate of drug-likeness (QED) is 0.557. The van der Waals surface area contributed by atoms with Gasteiger partial charge in [0, 0.05) is 18.4 Å². The van der Waals surface area contributed by atoms with Crippen molar-refractivity contribution >= 4 is 28.3 Å². The van der Waals surface area contributed by atoms with Gasteiger partial charge in [0.25, 0.3) is 0 Å². The van der Waals surface area contributed by atoms with E-state index >= 15 is 0 Å². The second-order valence-electron chi connectivity index (χ2n) is 4.32. The van der Waals surface area contributed by atoms with E-state index in [-0.39, 0.29) is 5.28 Å². The highest BCUT2D eigenvalue weighted by molar-refractivity contribution is 6.28. The predicted octanol–water partition coefficient (Wildman–Crippen LogP) is 2.45. The highest BCUT2D eigenvalue weighted by Gasteiger charge is 2.05. The average molecular weight is 289 g/mol. The number of nitrogens with one attached hydrogen (secondary N) is 2. The fourth-order valence-electron chi connectivity index (χ4n) is 2.00. The summed E-state index contributed by atoms with van der Waals surface area (Å²) in [6.45, 7) is 0.776. The molecule has 0 aliphatic carbocycles. The normalized spacial score (nSPS) is 10.8. The average Bonchev–Trinajstić information content (AvgIpc) is 2.96. The zero-order chi connectivity index (χ0) is 13.8. The number of aromatic amines is 1. The van der Waals surface area contributed by atoms with Gasteiger partial charge in [0.2, 0.25) is 5.28 Å². The van der Waals surface area contributed by atoms with Gasteiger partial charge in [-0.25, -0.2) is 15.0 Å². The number of benzene rings is 1. The van der Waals surface area contributed by atoms with Gasteiger partial charge < -0.3 is 5.32 Å². The third-order valence-corrected chi connectivity index (χ3v) is 3.09. The molecule has 20 heavy (non-hydrogen) atoms. The summed E-state index contributed by atoms with van der Waals surface area (Å²) in [5.41, 5.74) is 0.838. The maximum absolute atomic E-state index is 5.93. The number of fused-ring (bicyclic) bond motifs is 1. The first-order valence-corrected chi connectivity index (χ1v) is 6.71. The highest BCUT2D eigenvalue weighted by atomic mass is 35.5. The fraction of sp³-hybridized carbons (Fsp3) is 0.231. The Morgan fingerprint density at radius 2 is 2.10 bits per heavy atom. The monoisotopic (exact) mass is 288 g/mol. The van der Waals surface area contributed by atoms with Crippen LogP contribution in [0.15, 0.2) is 30.6 Å². The van der Waals surface area contributed by atoms with E-state index in [0.717, 1.165) is 41.9 Å². The van der Waals surface area contributed by atoms with Crippen LogP contribution in [0.4, 0.5) is 5.82 Å². The van der Waals surface area contributed by atoms with Crippen molar-refractivity contribution in [1.29, 1.82) is 0 Å². The van der Waals surface area contributed by atoms with Crippen LogP contribution < -0.4 is 5.32 Å². The number of hydrogen-bond donors (Lipinski definition) is 2. The molecular weight excluding hydrogens is 276 g/mol. The van der Waals surface area contributed by atoms with Crippen LogP contribution in [-0.4, -0.2) is 31.7 Å². The van der Waals surface area contributed by atoms with Gasteiger partial charge in [-0.1, -0.05) is 12.1 Å². The Kier molecular flexibility index (Phi) is 3.73. The Morgan fingerprint density at radius 1 is 1.20 bits per heavy atom. The van der Waals surface area contributed by atoms with Gasteiger partial charge in [-0.05, 0) is 30.2 Å². The lowest BCUT2D eigenvalue weighted by Gasteiger charge is -2.08. The van der Waals surface area contributed by atoms with E-state index in [9.17, 15) is 0 Å². The molecule has 0 unspecified atom stereocenters. The SMILES string of the molecule is Clc1nc(NCCCc2ncn[nH]2)c2ccccc2n1. The lowest BCUT2D eigenvalue weighted by Crippen LogP contribution is -2.06. The predicted molar refractivity (Wildman–Crippen MR) is 77.7 cm³/mol. The summed E-state index contributed by atoms with van der Waals surface area (Å²) in [6, 6.07) is 7.78. The molecule has 0 bridgehead atoms. The number of H-pyrrole nitrogens is 1. The second-order valence-corrected chi connectivity index (χ2v) is 4.66. The molecule has 0 radical (unpaired) electrons. The number of aromatic nitrogens is 5. The van der Waals surface area contributed by atoms with Crippen LogP contribution in [0.2, 0.25) is 5.28 Å². The second kappa shape index (κ2) is 5.83. The third kappa shape index (κ3) is 2.85. The van der Waals surface area contributed by atoms with Gasteiger partial charge in [0.05, 0.1) is 5.52 Å². The van der Waals surface area contributed by atoms with Crippen molar-refractivity contribution in [2.75, 3.05) is 11.9 Å². The summed E-state index contributed by atoms with van der Waals surface area (Å²) in [6.07, 6.45) is 3.27. The topological polar surface area (TPSA) is 79.4 Å².